The van der Waals surface area contributed by atoms with Crippen LogP contribution in [0, 0.1) is 0 Å². The second-order valence-electron chi connectivity index (χ2n) is 7.71. The number of carbonyl (C=O) groups is 2. The molecule has 0 bridgehead atoms. The van der Waals surface area contributed by atoms with Gasteiger partial charge in [0.2, 0.25) is 10.0 Å². The standard InChI is InChI=1S/C25H24N2O5S/c28-24(26-22-9-6-10-23(17-22)33(30,31)27-15-4-5-16-27)18-32-25(29)21-13-11-20(12-14-21)19-7-2-1-3-8-19/h1-3,6-14,17H,4-5,15-16,18H2,(H,26,28). The zero-order valence-corrected chi connectivity index (χ0v) is 18.8. The van der Waals surface area contributed by atoms with E-state index in [1.54, 1.807) is 24.3 Å². The maximum absolute atomic E-state index is 12.7. The summed E-state index contributed by atoms with van der Waals surface area (Å²) in [4.78, 5) is 24.7. The van der Waals surface area contributed by atoms with E-state index in [1.807, 2.05) is 42.5 Å². The minimum atomic E-state index is -3.59. The van der Waals surface area contributed by atoms with Crippen LogP contribution in [-0.4, -0.2) is 44.3 Å². The number of nitrogens with zero attached hydrogens (tertiary/aromatic N) is 1. The molecule has 8 heteroatoms. The molecule has 1 heterocycles. The Labute approximate surface area is 193 Å². The van der Waals surface area contributed by atoms with E-state index in [9.17, 15) is 18.0 Å². The van der Waals surface area contributed by atoms with Crippen LogP contribution in [0.4, 0.5) is 5.69 Å². The van der Waals surface area contributed by atoms with Crippen LogP contribution in [0.3, 0.4) is 0 Å². The SMILES string of the molecule is O=C(COC(=O)c1ccc(-c2ccccc2)cc1)Nc1cccc(S(=O)(=O)N2CCCC2)c1. The zero-order valence-electron chi connectivity index (χ0n) is 17.9. The third-order valence-electron chi connectivity index (χ3n) is 5.38. The molecule has 0 saturated carbocycles. The van der Waals surface area contributed by atoms with E-state index >= 15 is 0 Å². The van der Waals surface area contributed by atoms with Gasteiger partial charge >= 0.3 is 5.97 Å². The number of hydrogen-bond donors (Lipinski definition) is 1. The molecular formula is C25H24N2O5S. The van der Waals surface area contributed by atoms with E-state index in [2.05, 4.69) is 5.32 Å². The van der Waals surface area contributed by atoms with E-state index in [4.69, 9.17) is 4.74 Å². The van der Waals surface area contributed by atoms with Crippen molar-refractivity contribution in [2.45, 2.75) is 17.7 Å². The molecule has 3 aromatic carbocycles. The van der Waals surface area contributed by atoms with E-state index in [1.165, 1.54) is 16.4 Å². The molecule has 0 radical (unpaired) electrons. The van der Waals surface area contributed by atoms with Crippen molar-refractivity contribution in [3.05, 3.63) is 84.4 Å². The van der Waals surface area contributed by atoms with Gasteiger partial charge in [0.15, 0.2) is 6.61 Å². The van der Waals surface area contributed by atoms with Crippen molar-refractivity contribution in [3.8, 4) is 11.1 Å². The Morgan fingerprint density at radius 3 is 2.21 bits per heavy atom. The fraction of sp³-hybridized carbons (Fsp3) is 0.200. The van der Waals surface area contributed by atoms with Crippen molar-refractivity contribution >= 4 is 27.6 Å². The number of nitrogens with one attached hydrogen (secondary N) is 1. The van der Waals surface area contributed by atoms with Gasteiger partial charge in [-0.1, -0.05) is 48.5 Å². The number of ether oxygens (including phenoxy) is 1. The fourth-order valence-electron chi connectivity index (χ4n) is 3.65. The molecule has 1 fully saturated rings. The van der Waals surface area contributed by atoms with E-state index in [0.717, 1.165) is 24.0 Å². The Kier molecular flexibility index (Phi) is 6.86. The van der Waals surface area contributed by atoms with Crippen LogP contribution in [0.2, 0.25) is 0 Å². The highest BCUT2D eigenvalue weighted by Crippen LogP contribution is 2.23. The number of sulfonamides is 1. The van der Waals surface area contributed by atoms with E-state index in [0.29, 0.717) is 24.3 Å². The minimum absolute atomic E-state index is 0.123. The summed E-state index contributed by atoms with van der Waals surface area (Å²) in [5, 5.41) is 2.58. The van der Waals surface area contributed by atoms with Crippen molar-refractivity contribution in [1.82, 2.24) is 4.31 Å². The maximum atomic E-state index is 12.7. The first-order valence-electron chi connectivity index (χ1n) is 10.7. The summed E-state index contributed by atoms with van der Waals surface area (Å²) in [6.45, 7) is 0.519. The molecule has 1 saturated heterocycles. The molecule has 170 valence electrons. The van der Waals surface area contributed by atoms with Crippen LogP contribution < -0.4 is 5.32 Å². The monoisotopic (exact) mass is 464 g/mol. The Morgan fingerprint density at radius 2 is 1.52 bits per heavy atom. The average molecular weight is 465 g/mol. The van der Waals surface area contributed by atoms with Gasteiger partial charge in [-0.25, -0.2) is 13.2 Å². The number of anilines is 1. The summed E-state index contributed by atoms with van der Waals surface area (Å²) in [5.74, 6) is -1.17. The third-order valence-corrected chi connectivity index (χ3v) is 7.28. The average Bonchev–Trinajstić information content (AvgIpc) is 3.39. The topological polar surface area (TPSA) is 92.8 Å². The lowest BCUT2D eigenvalue weighted by Gasteiger charge is -2.16. The third kappa shape index (κ3) is 5.47. The molecule has 0 aromatic heterocycles. The lowest BCUT2D eigenvalue weighted by Crippen LogP contribution is -2.28. The summed E-state index contributed by atoms with van der Waals surface area (Å²) in [7, 11) is -3.59. The number of esters is 1. The number of amides is 1. The summed E-state index contributed by atoms with van der Waals surface area (Å²) >= 11 is 0. The molecular weight excluding hydrogens is 440 g/mol. The molecule has 1 aliphatic heterocycles. The highest BCUT2D eigenvalue weighted by Gasteiger charge is 2.27. The quantitative estimate of drug-likeness (QED) is 0.535. The van der Waals surface area contributed by atoms with Gasteiger partial charge in [0.25, 0.3) is 5.91 Å². The smallest absolute Gasteiger partial charge is 0.338 e. The molecule has 0 spiro atoms. The molecule has 0 aliphatic carbocycles. The van der Waals surface area contributed by atoms with Gasteiger partial charge in [0.05, 0.1) is 10.5 Å². The Bertz CT molecular complexity index is 1240. The largest absolute Gasteiger partial charge is 0.452 e. The van der Waals surface area contributed by atoms with Crippen molar-refractivity contribution < 1.29 is 22.7 Å². The molecule has 3 aromatic rings. The van der Waals surface area contributed by atoms with Gasteiger partial charge < -0.3 is 10.1 Å². The Hall–Kier alpha value is -3.49. The lowest BCUT2D eigenvalue weighted by molar-refractivity contribution is -0.119. The maximum Gasteiger partial charge on any atom is 0.338 e. The number of hydrogen-bond acceptors (Lipinski definition) is 5. The van der Waals surface area contributed by atoms with Gasteiger partial charge in [-0.05, 0) is 54.3 Å². The molecule has 1 aliphatic rings. The molecule has 0 atom stereocenters. The van der Waals surface area contributed by atoms with Gasteiger partial charge in [-0.3, -0.25) is 4.79 Å². The summed E-state index contributed by atoms with van der Waals surface area (Å²) in [6, 6.07) is 22.8. The van der Waals surface area contributed by atoms with Crippen LogP contribution in [0.1, 0.15) is 23.2 Å². The van der Waals surface area contributed by atoms with Crippen molar-refractivity contribution in [2.24, 2.45) is 0 Å². The zero-order chi connectivity index (χ0) is 23.3. The molecule has 0 unspecified atom stereocenters. The highest BCUT2D eigenvalue weighted by atomic mass is 32.2. The summed E-state index contributed by atoms with van der Waals surface area (Å²) in [5.41, 5.74) is 2.66. The van der Waals surface area contributed by atoms with Crippen LogP contribution in [0.5, 0.6) is 0 Å². The fourth-order valence-corrected chi connectivity index (χ4v) is 5.22. The van der Waals surface area contributed by atoms with Crippen molar-refractivity contribution in [3.63, 3.8) is 0 Å². The first-order chi connectivity index (χ1) is 15.9. The minimum Gasteiger partial charge on any atom is -0.452 e. The highest BCUT2D eigenvalue weighted by molar-refractivity contribution is 7.89. The van der Waals surface area contributed by atoms with Crippen LogP contribution >= 0.6 is 0 Å². The van der Waals surface area contributed by atoms with E-state index < -0.39 is 28.5 Å². The van der Waals surface area contributed by atoms with Gasteiger partial charge in [0.1, 0.15) is 0 Å². The van der Waals surface area contributed by atoms with Gasteiger partial charge in [-0.15, -0.1) is 0 Å². The van der Waals surface area contributed by atoms with Crippen LogP contribution in [0.15, 0.2) is 83.8 Å². The molecule has 1 amide bonds. The second kappa shape index (κ2) is 9.97. The predicted molar refractivity (Wildman–Crippen MR) is 125 cm³/mol. The first kappa shape index (κ1) is 22.7. The second-order valence-corrected chi connectivity index (χ2v) is 9.64. The van der Waals surface area contributed by atoms with Crippen LogP contribution in [-0.2, 0) is 19.6 Å². The molecule has 1 N–H and O–H groups in total. The number of benzene rings is 3. The van der Waals surface area contributed by atoms with Crippen LogP contribution in [0.25, 0.3) is 11.1 Å². The van der Waals surface area contributed by atoms with E-state index in [-0.39, 0.29) is 4.90 Å². The van der Waals surface area contributed by atoms with Crippen molar-refractivity contribution in [2.75, 3.05) is 25.0 Å². The summed E-state index contributed by atoms with van der Waals surface area (Å²) in [6.07, 6.45) is 1.69. The predicted octanol–water partition coefficient (Wildman–Crippen LogP) is 3.93. The summed E-state index contributed by atoms with van der Waals surface area (Å²) < 4.78 is 32.0. The molecule has 7 nitrogen and oxygen atoms in total. The molecule has 33 heavy (non-hydrogen) atoms. The molecule has 4 rings (SSSR count). The number of carbonyl (C=O) groups excluding carboxylic acids is 2. The normalized spacial score (nSPS) is 14.1. The Balaban J connectivity index is 1.33. The van der Waals surface area contributed by atoms with Gasteiger partial charge in [0, 0.05) is 18.8 Å². The van der Waals surface area contributed by atoms with Crippen molar-refractivity contribution in [1.29, 1.82) is 0 Å². The number of rotatable bonds is 7. The first-order valence-corrected chi connectivity index (χ1v) is 12.1. The van der Waals surface area contributed by atoms with Gasteiger partial charge in [-0.2, -0.15) is 4.31 Å². The lowest BCUT2D eigenvalue weighted by atomic mass is 10.0. The Morgan fingerprint density at radius 1 is 0.848 bits per heavy atom.